The van der Waals surface area contributed by atoms with Crippen molar-refractivity contribution in [3.05, 3.63) is 373 Å². The van der Waals surface area contributed by atoms with Gasteiger partial charge < -0.3 is 30.4 Å². The summed E-state index contributed by atoms with van der Waals surface area (Å²) >= 11 is 17.4. The summed E-state index contributed by atoms with van der Waals surface area (Å²) in [7, 11) is -4.02. The number of carboxylic acid groups (broad SMARTS) is 1. The van der Waals surface area contributed by atoms with Gasteiger partial charge in [-0.05, 0) is 220 Å². The molecule has 8 aliphatic rings. The van der Waals surface area contributed by atoms with E-state index in [0.29, 0.717) is 33.9 Å². The number of hydrogen-bond acceptors (Lipinski definition) is 22. The predicted molar refractivity (Wildman–Crippen MR) is 508 cm³/mol. The van der Waals surface area contributed by atoms with Crippen molar-refractivity contribution in [2.24, 2.45) is 9.98 Å². The molecule has 0 saturated carbocycles. The number of hydrogen-bond donors (Lipinski definition) is 4. The molecule has 13 aromatic rings. The summed E-state index contributed by atoms with van der Waals surface area (Å²) in [4.78, 5) is 67.4. The van der Waals surface area contributed by atoms with Crippen LogP contribution in [0.25, 0.3) is 10.0 Å². The minimum absolute atomic E-state index is 0.0100. The number of non-ortho nitro benzene ring substituents is 3. The molecule has 131 heavy (non-hydrogen) atoms. The third kappa shape index (κ3) is 21.0. The Bertz CT molecular complexity index is 6820. The number of benzene rings is 9. The zero-order valence-corrected chi connectivity index (χ0v) is 80.6. The Balaban J connectivity index is 0.000000124. The van der Waals surface area contributed by atoms with Gasteiger partial charge in [0.1, 0.15) is 45.9 Å². The zero-order chi connectivity index (χ0) is 93.3. The number of amides is 1. The third-order valence-electron chi connectivity index (χ3n) is 23.2. The number of carbonyl (C=O) groups excluding carboxylic acids is 1. The van der Waals surface area contributed by atoms with Crippen LogP contribution in [-0.4, -0.2) is 85.7 Å². The number of halogens is 4. The Kier molecular flexibility index (Phi) is 28.7. The van der Waals surface area contributed by atoms with Gasteiger partial charge in [0.25, 0.3) is 21.5 Å². The molecule has 12 heterocycles. The molecule has 674 valence electrons. The zero-order valence-electron chi connectivity index (χ0n) is 72.3. The standard InChI is InChI=1S/C29H26ClN5O2S.C19H17ClN4O2S.C15H15INO2.C10H7NO3.C10H11NO.C7H8O3S.C6H4INO2/c1-14-15(2)38-29-26(14)27(17-4-6-18(30)7-5-17)32-22(28-34-33-16(3)35(28)29)13-25(36)31-19-8-9-20-21(12-19)24-11-10-23(20)37-24;1-9-10(2)27-19-16(9)17(12-4-6-13(20)7-5-12)21-14(8-15(25)26)18-23-22-11(3)24(18)19;1-10-8-11(2)15(12(3)9-10)16-13-4-6-14(7-5-13)17(18)19;12-11(13)6-1-2-7-8(5-6)10-4-3-9(7)14-10;11-6-1-2-7-8(5-6)10-4-3-9(7)12-10;1-6-2-4-7(5-3-6)11(8,9)10;7-5-1-3-6(4-2-5)8(9)10/h4-9,12,22-24H,10-11,13H2,1-3H3,(H,31,36);4-7,14H,8H2,1-3H3,(H,25,26);4-9H,1-3H3;1-5,9-10H;1-2,5,9-10H,3-4,11H2;2-5H,1H3,(H,8,9,10);1-4H/q;;-1;;;;/t22-,23?,24?;14-;;;;;/m00...../s1. The van der Waals surface area contributed by atoms with E-state index in [9.17, 15) is 53.5 Å². The van der Waals surface area contributed by atoms with Gasteiger partial charge in [-0.3, -0.25) is 53.5 Å². The molecule has 35 heteroatoms. The molecule has 2 saturated heterocycles. The van der Waals surface area contributed by atoms with Crippen LogP contribution in [0, 0.1) is 110 Å². The van der Waals surface area contributed by atoms with Crippen molar-refractivity contribution in [2.45, 2.75) is 161 Å². The Morgan fingerprint density at radius 3 is 1.45 bits per heavy atom. The van der Waals surface area contributed by atoms with Gasteiger partial charge in [-0.2, -0.15) is 8.42 Å². The first-order valence-corrected chi connectivity index (χ1v) is 48.7. The first-order valence-electron chi connectivity index (χ1n) is 41.6. The molecule has 0 aliphatic carbocycles. The average molecular weight is 2080 g/mol. The number of fused-ring (bicyclic) bond motifs is 21. The Hall–Kier alpha value is -11.5. The van der Waals surface area contributed by atoms with E-state index in [1.807, 2.05) is 110 Å². The summed E-state index contributed by atoms with van der Waals surface area (Å²) in [6, 6.07) is 54.9. The van der Waals surface area contributed by atoms with Gasteiger partial charge in [0.15, 0.2) is 11.6 Å². The number of carbonyl (C=O) groups is 2. The fourth-order valence-electron chi connectivity index (χ4n) is 16.7. The van der Waals surface area contributed by atoms with Crippen molar-refractivity contribution in [1.29, 1.82) is 0 Å². The van der Waals surface area contributed by atoms with E-state index in [1.54, 1.807) is 71.2 Å². The number of rotatable bonds is 13. The minimum atomic E-state index is -4.02. The molecule has 8 atom stereocenters. The second kappa shape index (κ2) is 39.9. The number of carboxylic acids is 1. The van der Waals surface area contributed by atoms with E-state index < -0.39 is 33.1 Å². The summed E-state index contributed by atoms with van der Waals surface area (Å²) < 4.78 is 54.5. The summed E-state index contributed by atoms with van der Waals surface area (Å²) in [6.07, 6.45) is 9.37. The SMILES string of the molecule is Cc1cc(C)c([I-]c2ccc([N+](=O)[O-])cc2)c(C)c1.Cc1ccc(S(=O)(=O)O)cc1.Cc1sc2c(c1C)C(c1ccc(Cl)cc1)=N[C@@H](CC(=O)Nc1ccc3c(c1)C1CCC3O1)c1nnc(C)n1-2.Cc1sc2c(c1C)C(c1ccc(Cl)cc1)=N[C@@H](CC(=O)O)c1nnc(C)n1-2.Nc1ccc2c(c1)C1CCC2O1.O=[N+]([O-])c1ccc(I)cc1.O=[N+]([O-])c1ccc2c(c1)C1C=CC2O1. The van der Waals surface area contributed by atoms with E-state index in [0.717, 1.165) is 111 Å². The fraction of sp³-hybridized carbons (Fsp3) is 0.250. The van der Waals surface area contributed by atoms with Crippen LogP contribution >= 0.6 is 68.5 Å². The van der Waals surface area contributed by atoms with Gasteiger partial charge in [0.2, 0.25) is 5.91 Å². The van der Waals surface area contributed by atoms with E-state index in [2.05, 4.69) is 138 Å². The van der Waals surface area contributed by atoms with Gasteiger partial charge in [-0.25, -0.2) is 0 Å². The van der Waals surface area contributed by atoms with Crippen LogP contribution in [0.4, 0.5) is 28.4 Å². The summed E-state index contributed by atoms with van der Waals surface area (Å²) in [5.41, 5.74) is 27.6. The average Bonchev–Trinajstić information content (AvgIpc) is 1.65. The second-order valence-electron chi connectivity index (χ2n) is 32.3. The van der Waals surface area contributed by atoms with E-state index in [1.165, 1.54) is 99.0 Å². The second-order valence-corrected chi connectivity index (χ2v) is 41.1. The summed E-state index contributed by atoms with van der Waals surface area (Å²) in [5, 5.41) is 64.4. The number of nitrogens with zero attached hydrogens (tertiary/aromatic N) is 11. The Labute approximate surface area is 796 Å². The molecular weight excluding hydrogens is 2000 g/mol. The van der Waals surface area contributed by atoms with Crippen LogP contribution in [0.5, 0.6) is 0 Å². The molecule has 9 aromatic carbocycles. The van der Waals surface area contributed by atoms with Crippen LogP contribution in [-0.2, 0) is 33.9 Å². The number of nitrogens with two attached hydrogens (primary N) is 1. The van der Waals surface area contributed by atoms with Crippen LogP contribution in [0.3, 0.4) is 0 Å². The first kappa shape index (κ1) is 94.2. The van der Waals surface area contributed by atoms with Crippen LogP contribution < -0.4 is 32.3 Å². The smallest absolute Gasteiger partial charge is 0.306 e. The predicted octanol–water partition coefficient (Wildman–Crippen LogP) is 19.6. The van der Waals surface area contributed by atoms with Crippen molar-refractivity contribution < 1.29 is 77.9 Å². The molecule has 2 fully saturated rings. The maximum absolute atomic E-state index is 13.4. The molecule has 1 amide bonds. The largest absolute Gasteiger partial charge is 0.481 e. The monoisotopic (exact) mass is 2080 g/mol. The molecule has 6 bridgehead atoms. The number of aromatic nitrogens is 6. The topological polar surface area (TPSA) is 390 Å². The van der Waals surface area contributed by atoms with Gasteiger partial charge in [0.05, 0.1) is 63.4 Å². The molecule has 28 nitrogen and oxygen atoms in total. The maximum atomic E-state index is 13.4. The molecule has 0 spiro atoms. The fourth-order valence-corrected chi connectivity index (χ4v) is 22.7. The van der Waals surface area contributed by atoms with E-state index >= 15 is 0 Å². The molecule has 4 aromatic heterocycles. The molecule has 6 unspecified atom stereocenters. The summed E-state index contributed by atoms with van der Waals surface area (Å²) in [6.45, 7) is 20.4. The van der Waals surface area contributed by atoms with E-state index in [-0.39, 0.29) is 96.2 Å². The molecule has 0 radical (unpaired) electrons. The normalized spacial score (nSPS) is 18.2. The number of nitro groups is 3. The van der Waals surface area contributed by atoms with Crippen LogP contribution in [0.1, 0.15) is 209 Å². The number of ether oxygens (including phenoxy) is 3. The van der Waals surface area contributed by atoms with Crippen LogP contribution in [0.2, 0.25) is 10.0 Å². The number of nitrogens with one attached hydrogen (secondary N) is 1. The van der Waals surface area contributed by atoms with Crippen molar-refractivity contribution in [3.63, 3.8) is 0 Å². The van der Waals surface area contributed by atoms with Crippen molar-refractivity contribution in [1.82, 2.24) is 29.5 Å². The quantitative estimate of drug-likeness (QED) is 0.0208. The molecule has 8 aliphatic heterocycles. The number of nitro benzene ring substituents is 3. The first-order chi connectivity index (χ1) is 62.5. The molecule has 21 rings (SSSR count). The number of thiophene rings is 2. The van der Waals surface area contributed by atoms with Gasteiger partial charge >= 0.3 is 129 Å². The van der Waals surface area contributed by atoms with Crippen molar-refractivity contribution in [2.75, 3.05) is 11.1 Å². The number of aliphatic carboxylic acids is 1. The van der Waals surface area contributed by atoms with Crippen LogP contribution in [0.15, 0.2) is 215 Å². The van der Waals surface area contributed by atoms with Gasteiger partial charge in [-0.1, -0.05) is 89.4 Å². The number of aliphatic imine (C=N–C) groups is 2. The van der Waals surface area contributed by atoms with Crippen molar-refractivity contribution in [3.8, 4) is 10.0 Å². The minimum Gasteiger partial charge on any atom is -0.481 e. The number of anilines is 2. The maximum Gasteiger partial charge on any atom is 0.306 e. The summed E-state index contributed by atoms with van der Waals surface area (Å²) in [5.74, 6) is 1.67. The van der Waals surface area contributed by atoms with Crippen molar-refractivity contribution >= 4 is 130 Å². The third-order valence-corrected chi connectivity index (χ3v) is 31.3. The van der Waals surface area contributed by atoms with Gasteiger partial charge in [0, 0.05) is 81.3 Å². The van der Waals surface area contributed by atoms with Gasteiger partial charge in [-0.15, -0.1) is 43.1 Å². The Morgan fingerprint density at radius 1 is 0.527 bits per heavy atom. The number of aryl methyl sites for hydroxylation is 8. The van der Waals surface area contributed by atoms with E-state index in [4.69, 9.17) is 57.7 Å². The molecular formula is C96H88Cl2I2N13O15S3-. The Morgan fingerprint density at radius 2 is 0.969 bits per heavy atom. The molecule has 5 N–H and O–H groups in total. The number of nitrogen functional groups attached to an aromatic ring is 1.